The second-order valence-corrected chi connectivity index (χ2v) is 4.54. The molecule has 1 N–H and O–H groups in total. The molecule has 0 saturated carbocycles. The highest BCUT2D eigenvalue weighted by Crippen LogP contribution is 2.14. The molecule has 0 fully saturated rings. The van der Waals surface area contributed by atoms with Crippen LogP contribution >= 0.6 is 0 Å². The summed E-state index contributed by atoms with van der Waals surface area (Å²) < 4.78 is 0. The predicted molar refractivity (Wildman–Crippen MR) is 73.7 cm³/mol. The van der Waals surface area contributed by atoms with Crippen LogP contribution in [0.1, 0.15) is 56.8 Å². The van der Waals surface area contributed by atoms with E-state index in [2.05, 4.69) is 19.2 Å². The largest absolute Gasteiger partial charge is 0.383 e. The Morgan fingerprint density at radius 2 is 1.88 bits per heavy atom. The molecule has 1 atom stereocenters. The summed E-state index contributed by atoms with van der Waals surface area (Å²) in [6, 6.07) is 8.28. The van der Waals surface area contributed by atoms with Crippen LogP contribution in [0.5, 0.6) is 0 Å². The molecular formula is C15H23NO. The zero-order chi connectivity index (χ0) is 12.7. The van der Waals surface area contributed by atoms with Gasteiger partial charge in [0.25, 0.3) is 0 Å². The first-order valence-electron chi connectivity index (χ1n) is 6.57. The van der Waals surface area contributed by atoms with E-state index in [-0.39, 0.29) is 5.78 Å². The second-order valence-electron chi connectivity index (χ2n) is 4.54. The van der Waals surface area contributed by atoms with Crippen LogP contribution in [0.4, 0.5) is 5.69 Å². The van der Waals surface area contributed by atoms with Gasteiger partial charge in [-0.15, -0.1) is 0 Å². The highest BCUT2D eigenvalue weighted by Gasteiger charge is 2.04. The molecule has 0 aliphatic heterocycles. The first kappa shape index (κ1) is 13.8. The van der Waals surface area contributed by atoms with Gasteiger partial charge < -0.3 is 5.32 Å². The van der Waals surface area contributed by atoms with Crippen molar-refractivity contribution < 1.29 is 4.79 Å². The monoisotopic (exact) mass is 233 g/mol. The number of Topliss-reactive ketones (excluding diaryl/α,β-unsaturated/α-hetero) is 1. The number of ketones is 1. The summed E-state index contributed by atoms with van der Waals surface area (Å²) in [6.45, 7) is 6.29. The van der Waals surface area contributed by atoms with Gasteiger partial charge in [0.05, 0.1) is 0 Å². The summed E-state index contributed by atoms with van der Waals surface area (Å²) in [5.41, 5.74) is 1.90. The average Bonchev–Trinajstić information content (AvgIpc) is 2.36. The van der Waals surface area contributed by atoms with Crippen LogP contribution < -0.4 is 5.32 Å². The van der Waals surface area contributed by atoms with Crippen molar-refractivity contribution in [3.8, 4) is 0 Å². The Balaban J connectivity index is 2.53. The zero-order valence-electron chi connectivity index (χ0n) is 11.1. The maximum atomic E-state index is 11.5. The molecule has 2 heteroatoms. The van der Waals surface area contributed by atoms with Crippen LogP contribution in [0.25, 0.3) is 0 Å². The van der Waals surface area contributed by atoms with E-state index in [1.54, 1.807) is 0 Å². The highest BCUT2D eigenvalue weighted by molar-refractivity contribution is 5.96. The molecule has 1 rings (SSSR count). The lowest BCUT2D eigenvalue weighted by atomic mass is 10.1. The molecule has 1 aromatic carbocycles. The average molecular weight is 233 g/mol. The highest BCUT2D eigenvalue weighted by atomic mass is 16.1. The summed E-state index contributed by atoms with van der Waals surface area (Å²) in [5.74, 6) is 0.204. The summed E-state index contributed by atoms with van der Waals surface area (Å²) in [7, 11) is 0. The minimum Gasteiger partial charge on any atom is -0.383 e. The minimum absolute atomic E-state index is 0.204. The first-order valence-corrected chi connectivity index (χ1v) is 6.57. The Morgan fingerprint density at radius 3 is 2.41 bits per heavy atom. The number of anilines is 1. The van der Waals surface area contributed by atoms with Crippen molar-refractivity contribution in [1.82, 2.24) is 0 Å². The SMILES string of the molecule is CCCCC(C)Nc1ccc(C(=O)CC)cc1. The smallest absolute Gasteiger partial charge is 0.162 e. The molecule has 0 spiro atoms. The predicted octanol–water partition coefficient (Wildman–Crippen LogP) is 4.27. The molecule has 0 aromatic heterocycles. The number of carbonyl (C=O) groups is 1. The normalized spacial score (nSPS) is 12.2. The molecule has 0 aliphatic carbocycles. The van der Waals surface area contributed by atoms with E-state index in [0.717, 1.165) is 11.3 Å². The van der Waals surface area contributed by atoms with Gasteiger partial charge in [0.1, 0.15) is 0 Å². The van der Waals surface area contributed by atoms with E-state index in [1.807, 2.05) is 31.2 Å². The number of nitrogens with one attached hydrogen (secondary N) is 1. The Bertz CT molecular complexity index is 342. The van der Waals surface area contributed by atoms with Crippen LogP contribution in [0.15, 0.2) is 24.3 Å². The number of unbranched alkanes of at least 4 members (excludes halogenated alkanes) is 1. The van der Waals surface area contributed by atoms with E-state index in [1.165, 1.54) is 19.3 Å². The Kier molecular flexibility index (Phi) is 5.75. The summed E-state index contributed by atoms with van der Waals surface area (Å²) in [5, 5.41) is 3.45. The Morgan fingerprint density at radius 1 is 1.24 bits per heavy atom. The van der Waals surface area contributed by atoms with Gasteiger partial charge in [-0.1, -0.05) is 26.7 Å². The van der Waals surface area contributed by atoms with Gasteiger partial charge in [-0.3, -0.25) is 4.79 Å². The standard InChI is InChI=1S/C15H23NO/c1-4-6-7-12(3)16-14-10-8-13(9-11-14)15(17)5-2/h8-12,16H,4-7H2,1-3H3. The van der Waals surface area contributed by atoms with E-state index in [9.17, 15) is 4.79 Å². The second kappa shape index (κ2) is 7.10. The molecule has 0 heterocycles. The Hall–Kier alpha value is -1.31. The molecule has 0 radical (unpaired) electrons. The number of carbonyl (C=O) groups excluding carboxylic acids is 1. The first-order chi connectivity index (χ1) is 8.17. The summed E-state index contributed by atoms with van der Waals surface area (Å²) in [4.78, 5) is 11.5. The number of hydrogen-bond donors (Lipinski definition) is 1. The quantitative estimate of drug-likeness (QED) is 0.712. The van der Waals surface area contributed by atoms with Crippen LogP contribution in [-0.4, -0.2) is 11.8 Å². The fourth-order valence-electron chi connectivity index (χ4n) is 1.82. The number of hydrogen-bond acceptors (Lipinski definition) is 2. The number of benzene rings is 1. The third-order valence-corrected chi connectivity index (χ3v) is 2.93. The number of rotatable bonds is 7. The topological polar surface area (TPSA) is 29.1 Å². The third-order valence-electron chi connectivity index (χ3n) is 2.93. The third kappa shape index (κ3) is 4.59. The van der Waals surface area contributed by atoms with E-state index in [0.29, 0.717) is 12.5 Å². The van der Waals surface area contributed by atoms with Gasteiger partial charge >= 0.3 is 0 Å². The molecule has 0 bridgehead atoms. The van der Waals surface area contributed by atoms with Crippen molar-refractivity contribution in [3.63, 3.8) is 0 Å². The zero-order valence-corrected chi connectivity index (χ0v) is 11.1. The van der Waals surface area contributed by atoms with Crippen LogP contribution in [0, 0.1) is 0 Å². The molecule has 2 nitrogen and oxygen atoms in total. The van der Waals surface area contributed by atoms with Crippen molar-refractivity contribution in [1.29, 1.82) is 0 Å². The van der Waals surface area contributed by atoms with Gasteiger partial charge in [-0.25, -0.2) is 0 Å². The van der Waals surface area contributed by atoms with Crippen molar-refractivity contribution in [2.75, 3.05) is 5.32 Å². The lowest BCUT2D eigenvalue weighted by molar-refractivity contribution is 0.0988. The van der Waals surface area contributed by atoms with Crippen molar-refractivity contribution in [2.45, 2.75) is 52.5 Å². The molecule has 0 aliphatic rings. The van der Waals surface area contributed by atoms with Gasteiger partial charge in [-0.2, -0.15) is 0 Å². The van der Waals surface area contributed by atoms with E-state index < -0.39 is 0 Å². The maximum Gasteiger partial charge on any atom is 0.162 e. The fraction of sp³-hybridized carbons (Fsp3) is 0.533. The van der Waals surface area contributed by atoms with Crippen molar-refractivity contribution in [2.24, 2.45) is 0 Å². The van der Waals surface area contributed by atoms with Gasteiger partial charge in [-0.05, 0) is 37.6 Å². The molecule has 94 valence electrons. The molecule has 1 aromatic rings. The molecule has 1 unspecified atom stereocenters. The van der Waals surface area contributed by atoms with Crippen LogP contribution in [0.3, 0.4) is 0 Å². The molecule has 17 heavy (non-hydrogen) atoms. The maximum absolute atomic E-state index is 11.5. The Labute approximate surface area is 104 Å². The lowest BCUT2D eigenvalue weighted by Gasteiger charge is -2.14. The lowest BCUT2D eigenvalue weighted by Crippen LogP contribution is -2.14. The van der Waals surface area contributed by atoms with Gasteiger partial charge in [0.15, 0.2) is 5.78 Å². The van der Waals surface area contributed by atoms with E-state index in [4.69, 9.17) is 0 Å². The van der Waals surface area contributed by atoms with Crippen LogP contribution in [-0.2, 0) is 0 Å². The molecule has 0 saturated heterocycles. The minimum atomic E-state index is 0.204. The van der Waals surface area contributed by atoms with Gasteiger partial charge in [0, 0.05) is 23.7 Å². The summed E-state index contributed by atoms with van der Waals surface area (Å²) in [6.07, 6.45) is 4.24. The van der Waals surface area contributed by atoms with E-state index >= 15 is 0 Å². The van der Waals surface area contributed by atoms with Crippen molar-refractivity contribution >= 4 is 11.5 Å². The fourth-order valence-corrected chi connectivity index (χ4v) is 1.82. The summed E-state index contributed by atoms with van der Waals surface area (Å²) >= 11 is 0. The van der Waals surface area contributed by atoms with Crippen LogP contribution in [0.2, 0.25) is 0 Å². The van der Waals surface area contributed by atoms with Gasteiger partial charge in [0.2, 0.25) is 0 Å². The molecule has 0 amide bonds. The molecular weight excluding hydrogens is 210 g/mol. The van der Waals surface area contributed by atoms with Crippen molar-refractivity contribution in [3.05, 3.63) is 29.8 Å².